The van der Waals surface area contributed by atoms with Gasteiger partial charge < -0.3 is 19.9 Å². The van der Waals surface area contributed by atoms with E-state index in [4.69, 9.17) is 32.7 Å². The smallest absolute Gasteiger partial charge is 0.341 e. The Labute approximate surface area is 143 Å². The lowest BCUT2D eigenvalue weighted by Crippen LogP contribution is -2.06. The summed E-state index contributed by atoms with van der Waals surface area (Å²) in [6.45, 7) is 0.377. The molecular weight excluding hydrogens is 341 g/mol. The molecule has 2 rings (SSSR count). The molecule has 0 aliphatic carbocycles. The zero-order chi connectivity index (χ0) is 17.0. The maximum atomic E-state index is 11.6. The Morgan fingerprint density at radius 2 is 1.96 bits per heavy atom. The van der Waals surface area contributed by atoms with E-state index >= 15 is 0 Å². The van der Waals surface area contributed by atoms with Crippen LogP contribution in [0.1, 0.15) is 15.9 Å². The van der Waals surface area contributed by atoms with E-state index < -0.39 is 5.97 Å². The Kier molecular flexibility index (Phi) is 5.58. The number of carbonyl (C=O) groups excluding carboxylic acids is 1. The number of hydrogen-bond donors (Lipinski definition) is 2. The Morgan fingerprint density at radius 3 is 2.61 bits per heavy atom. The van der Waals surface area contributed by atoms with E-state index in [1.165, 1.54) is 20.3 Å². The van der Waals surface area contributed by atoms with Crippen molar-refractivity contribution in [2.45, 2.75) is 6.54 Å². The molecule has 0 unspecified atom stereocenters. The van der Waals surface area contributed by atoms with E-state index in [0.717, 1.165) is 5.56 Å². The van der Waals surface area contributed by atoms with Gasteiger partial charge in [0.15, 0.2) is 5.75 Å². The summed E-state index contributed by atoms with van der Waals surface area (Å²) < 4.78 is 9.90. The van der Waals surface area contributed by atoms with Gasteiger partial charge in [-0.3, -0.25) is 0 Å². The summed E-state index contributed by atoms with van der Waals surface area (Å²) in [6, 6.07) is 8.11. The first kappa shape index (κ1) is 17.2. The molecule has 2 N–H and O–H groups in total. The predicted octanol–water partition coefficient (Wildman–Crippen LogP) is 4.11. The van der Waals surface area contributed by atoms with Crippen LogP contribution < -0.4 is 10.1 Å². The highest BCUT2D eigenvalue weighted by atomic mass is 35.5. The summed E-state index contributed by atoms with van der Waals surface area (Å²) in [5.74, 6) is -0.140. The van der Waals surface area contributed by atoms with Crippen LogP contribution in [0.2, 0.25) is 10.0 Å². The maximum absolute atomic E-state index is 11.6. The minimum Gasteiger partial charge on any atom is -0.504 e. The van der Waals surface area contributed by atoms with Gasteiger partial charge >= 0.3 is 5.97 Å². The molecule has 0 aromatic heterocycles. The molecule has 0 radical (unpaired) electrons. The second-order valence-electron chi connectivity index (χ2n) is 4.66. The van der Waals surface area contributed by atoms with Crippen LogP contribution >= 0.6 is 23.2 Å². The van der Waals surface area contributed by atoms with E-state index in [2.05, 4.69) is 5.32 Å². The molecule has 0 saturated carbocycles. The van der Waals surface area contributed by atoms with E-state index in [0.29, 0.717) is 28.6 Å². The maximum Gasteiger partial charge on any atom is 0.341 e. The molecule has 0 saturated heterocycles. The van der Waals surface area contributed by atoms with Gasteiger partial charge in [0, 0.05) is 11.6 Å². The summed E-state index contributed by atoms with van der Waals surface area (Å²) in [5, 5.41) is 13.5. The van der Waals surface area contributed by atoms with Crippen LogP contribution in [-0.2, 0) is 11.3 Å². The number of anilines is 1. The minimum absolute atomic E-state index is 0.0748. The average molecular weight is 356 g/mol. The number of halogens is 2. The fourth-order valence-electron chi connectivity index (χ4n) is 2.02. The van der Waals surface area contributed by atoms with Crippen LogP contribution in [0, 0.1) is 0 Å². The van der Waals surface area contributed by atoms with Gasteiger partial charge in [0.05, 0.1) is 24.9 Å². The summed E-state index contributed by atoms with van der Waals surface area (Å²) in [7, 11) is 2.78. The number of rotatable bonds is 5. The summed E-state index contributed by atoms with van der Waals surface area (Å²) in [6.07, 6.45) is 0. The van der Waals surface area contributed by atoms with Gasteiger partial charge in [-0.2, -0.15) is 0 Å². The Balaban J connectivity index is 2.20. The first-order valence-corrected chi connectivity index (χ1v) is 7.39. The number of carbonyl (C=O) groups is 1. The van der Waals surface area contributed by atoms with Crippen molar-refractivity contribution in [1.29, 1.82) is 0 Å². The molecule has 0 aliphatic heterocycles. The quantitative estimate of drug-likeness (QED) is 0.624. The molecule has 0 fully saturated rings. The molecule has 0 amide bonds. The summed E-state index contributed by atoms with van der Waals surface area (Å²) in [4.78, 5) is 11.6. The molecule has 2 aromatic carbocycles. The van der Waals surface area contributed by atoms with E-state index in [1.54, 1.807) is 24.3 Å². The summed E-state index contributed by atoms with van der Waals surface area (Å²) >= 11 is 11.8. The number of nitrogens with one attached hydrogen (secondary N) is 1. The molecule has 0 heterocycles. The zero-order valence-electron chi connectivity index (χ0n) is 12.5. The van der Waals surface area contributed by atoms with Gasteiger partial charge in [-0.25, -0.2) is 4.79 Å². The van der Waals surface area contributed by atoms with Crippen LogP contribution in [0.15, 0.2) is 30.3 Å². The Hall–Kier alpha value is -2.11. The highest BCUT2D eigenvalue weighted by Crippen LogP contribution is 2.35. The predicted molar refractivity (Wildman–Crippen MR) is 89.8 cm³/mol. The lowest BCUT2D eigenvalue weighted by molar-refractivity contribution is 0.0597. The van der Waals surface area contributed by atoms with Crippen molar-refractivity contribution in [3.63, 3.8) is 0 Å². The van der Waals surface area contributed by atoms with Crippen molar-refractivity contribution in [3.8, 4) is 11.5 Å². The third-order valence-electron chi connectivity index (χ3n) is 3.18. The van der Waals surface area contributed by atoms with Crippen molar-refractivity contribution in [2.24, 2.45) is 0 Å². The molecular formula is C16H15Cl2NO4. The first-order chi connectivity index (χ1) is 11.0. The number of phenolic OH excluding ortho intramolecular Hbond substituents is 1. The number of esters is 1. The lowest BCUT2D eigenvalue weighted by Gasteiger charge is -2.12. The van der Waals surface area contributed by atoms with Crippen LogP contribution in [0.25, 0.3) is 0 Å². The molecule has 2 aromatic rings. The van der Waals surface area contributed by atoms with Gasteiger partial charge in [0.2, 0.25) is 0 Å². The van der Waals surface area contributed by atoms with Gasteiger partial charge in [-0.05, 0) is 29.8 Å². The molecule has 0 aliphatic rings. The molecule has 122 valence electrons. The van der Waals surface area contributed by atoms with Crippen molar-refractivity contribution < 1.29 is 19.4 Å². The second-order valence-corrected chi connectivity index (χ2v) is 5.51. The number of benzene rings is 2. The molecule has 0 bridgehead atoms. The van der Waals surface area contributed by atoms with Crippen molar-refractivity contribution in [3.05, 3.63) is 51.5 Å². The number of ether oxygens (including phenoxy) is 2. The number of hydrogen-bond acceptors (Lipinski definition) is 5. The minimum atomic E-state index is -0.472. The van der Waals surface area contributed by atoms with Crippen molar-refractivity contribution >= 4 is 34.9 Å². The van der Waals surface area contributed by atoms with Crippen LogP contribution in [0.4, 0.5) is 5.69 Å². The van der Waals surface area contributed by atoms with Gasteiger partial charge in [-0.15, -0.1) is 0 Å². The topological polar surface area (TPSA) is 67.8 Å². The van der Waals surface area contributed by atoms with Crippen molar-refractivity contribution in [1.82, 2.24) is 0 Å². The second kappa shape index (κ2) is 7.44. The standard InChI is InChI=1S/C16H15Cl2NO4/c1-22-14-5-9(3-4-11(14)16(21)23-2)8-19-13-7-10(17)6-12(18)15(13)20/h3-7,19-20H,8H2,1-2H3. The SMILES string of the molecule is COC(=O)c1ccc(CNc2cc(Cl)cc(Cl)c2O)cc1OC. The van der Waals surface area contributed by atoms with Crippen LogP contribution in [0.5, 0.6) is 11.5 Å². The molecule has 0 atom stereocenters. The number of phenols is 1. The van der Waals surface area contributed by atoms with Crippen LogP contribution in [0.3, 0.4) is 0 Å². The van der Waals surface area contributed by atoms with Gasteiger partial charge in [0.1, 0.15) is 11.3 Å². The zero-order valence-corrected chi connectivity index (χ0v) is 14.0. The molecule has 5 nitrogen and oxygen atoms in total. The highest BCUT2D eigenvalue weighted by Gasteiger charge is 2.13. The number of aromatic hydroxyl groups is 1. The molecule has 7 heteroatoms. The van der Waals surface area contributed by atoms with E-state index in [-0.39, 0.29) is 10.8 Å². The third-order valence-corrected chi connectivity index (χ3v) is 3.69. The van der Waals surface area contributed by atoms with Gasteiger partial charge in [-0.1, -0.05) is 29.3 Å². The average Bonchev–Trinajstić information content (AvgIpc) is 2.55. The molecule has 0 spiro atoms. The first-order valence-electron chi connectivity index (χ1n) is 6.63. The monoisotopic (exact) mass is 355 g/mol. The lowest BCUT2D eigenvalue weighted by atomic mass is 10.1. The Bertz CT molecular complexity index is 734. The van der Waals surface area contributed by atoms with Gasteiger partial charge in [0.25, 0.3) is 0 Å². The largest absolute Gasteiger partial charge is 0.504 e. The highest BCUT2D eigenvalue weighted by molar-refractivity contribution is 6.36. The van der Waals surface area contributed by atoms with E-state index in [1.807, 2.05) is 0 Å². The summed E-state index contributed by atoms with van der Waals surface area (Å²) in [5.41, 5.74) is 1.59. The third kappa shape index (κ3) is 4.00. The van der Waals surface area contributed by atoms with Crippen molar-refractivity contribution in [2.75, 3.05) is 19.5 Å². The Morgan fingerprint density at radius 1 is 1.22 bits per heavy atom. The van der Waals surface area contributed by atoms with E-state index in [9.17, 15) is 9.90 Å². The number of methoxy groups -OCH3 is 2. The molecule has 23 heavy (non-hydrogen) atoms. The van der Waals surface area contributed by atoms with Crippen LogP contribution in [-0.4, -0.2) is 25.3 Å². The fourth-order valence-corrected chi connectivity index (χ4v) is 2.52. The normalized spacial score (nSPS) is 10.3. The fraction of sp³-hybridized carbons (Fsp3) is 0.188.